The molecule has 0 atom stereocenters. The van der Waals surface area contributed by atoms with Gasteiger partial charge in [-0.3, -0.25) is 0 Å². The van der Waals surface area contributed by atoms with Crippen molar-refractivity contribution in [3.8, 4) is 0 Å². The molecule has 1 aliphatic rings. The van der Waals surface area contributed by atoms with Gasteiger partial charge in [-0.2, -0.15) is 4.98 Å². The van der Waals surface area contributed by atoms with Crippen LogP contribution >= 0.6 is 0 Å². The molecule has 0 bridgehead atoms. The van der Waals surface area contributed by atoms with Gasteiger partial charge in [-0.05, 0) is 57.1 Å². The Balaban J connectivity index is 1.71. The number of hydrogen-bond donors (Lipinski definition) is 1. The number of likely N-dealkylation sites (N-methyl/N-ethyl adjacent to an activating group) is 1. The summed E-state index contributed by atoms with van der Waals surface area (Å²) < 4.78 is 0. The molecule has 0 saturated carbocycles. The molecular formula is C21H32N6. The van der Waals surface area contributed by atoms with E-state index in [1.165, 1.54) is 11.3 Å². The lowest BCUT2D eigenvalue weighted by Gasteiger charge is -2.34. The molecule has 1 aliphatic heterocycles. The van der Waals surface area contributed by atoms with Crippen LogP contribution in [0.25, 0.3) is 0 Å². The minimum absolute atomic E-state index is 0.813. The van der Waals surface area contributed by atoms with Crippen LogP contribution in [0, 0.1) is 6.92 Å². The maximum atomic E-state index is 4.75. The van der Waals surface area contributed by atoms with Gasteiger partial charge in [-0.15, -0.1) is 0 Å². The molecule has 6 heteroatoms. The zero-order valence-electron chi connectivity index (χ0n) is 17.1. The summed E-state index contributed by atoms with van der Waals surface area (Å²) in [6.07, 6.45) is 1.84. The fourth-order valence-corrected chi connectivity index (χ4v) is 3.55. The Labute approximate surface area is 163 Å². The van der Waals surface area contributed by atoms with Crippen LogP contribution in [0.4, 0.5) is 23.1 Å². The summed E-state index contributed by atoms with van der Waals surface area (Å²) in [5.74, 6) is 1.66. The normalized spacial score (nSPS) is 15.0. The molecule has 2 aromatic rings. The second-order valence-electron chi connectivity index (χ2n) is 6.96. The topological polar surface area (TPSA) is 47.5 Å². The Morgan fingerprint density at radius 1 is 1.04 bits per heavy atom. The highest BCUT2D eigenvalue weighted by Crippen LogP contribution is 2.25. The van der Waals surface area contributed by atoms with Crippen LogP contribution < -0.4 is 15.1 Å². The van der Waals surface area contributed by atoms with Crippen LogP contribution in [0.3, 0.4) is 0 Å². The van der Waals surface area contributed by atoms with Gasteiger partial charge in [0.2, 0.25) is 5.95 Å². The van der Waals surface area contributed by atoms with Crippen molar-refractivity contribution in [1.82, 2.24) is 14.9 Å². The fraction of sp³-hybridized carbons (Fsp3) is 0.524. The molecule has 146 valence electrons. The lowest BCUT2D eigenvalue weighted by Crippen LogP contribution is -2.46. The quantitative estimate of drug-likeness (QED) is 0.807. The Bertz CT molecular complexity index is 735. The minimum Gasteiger partial charge on any atom is -0.372 e. The van der Waals surface area contributed by atoms with Crippen LogP contribution in [-0.4, -0.2) is 60.7 Å². The van der Waals surface area contributed by atoms with Crippen LogP contribution in [0.15, 0.2) is 30.5 Å². The molecule has 1 aromatic carbocycles. The number of nitrogens with one attached hydrogen (secondary N) is 1. The smallest absolute Gasteiger partial charge is 0.227 e. The summed E-state index contributed by atoms with van der Waals surface area (Å²) in [7, 11) is 0. The molecule has 3 rings (SSSR count). The van der Waals surface area contributed by atoms with E-state index >= 15 is 0 Å². The molecule has 27 heavy (non-hydrogen) atoms. The summed E-state index contributed by atoms with van der Waals surface area (Å²) in [6.45, 7) is 16.0. The first-order valence-electron chi connectivity index (χ1n) is 10.1. The maximum Gasteiger partial charge on any atom is 0.227 e. The largest absolute Gasteiger partial charge is 0.372 e. The van der Waals surface area contributed by atoms with Gasteiger partial charge in [0.05, 0.1) is 0 Å². The van der Waals surface area contributed by atoms with Gasteiger partial charge in [0.1, 0.15) is 5.82 Å². The third-order valence-corrected chi connectivity index (χ3v) is 5.35. The molecule has 0 unspecified atom stereocenters. The molecule has 0 aliphatic carbocycles. The standard InChI is InChI=1S/C21H32N6/c1-5-25-12-14-27(15-13-25)21-22-11-10-20(24-21)23-19-9-8-18(16-17(19)4)26(6-2)7-3/h8-11,16H,5-7,12-15H2,1-4H3,(H,22,23,24). The number of benzene rings is 1. The molecule has 1 fully saturated rings. The van der Waals surface area contributed by atoms with Crippen LogP contribution in [-0.2, 0) is 0 Å². The number of aromatic nitrogens is 2. The Kier molecular flexibility index (Phi) is 6.50. The predicted molar refractivity (Wildman–Crippen MR) is 114 cm³/mol. The maximum absolute atomic E-state index is 4.75. The van der Waals surface area contributed by atoms with E-state index in [1.807, 2.05) is 12.3 Å². The van der Waals surface area contributed by atoms with E-state index in [0.717, 1.165) is 63.3 Å². The third-order valence-electron chi connectivity index (χ3n) is 5.35. The SMILES string of the molecule is CCN1CCN(c2nccc(Nc3ccc(N(CC)CC)cc3C)n2)CC1. The Morgan fingerprint density at radius 2 is 1.78 bits per heavy atom. The van der Waals surface area contributed by atoms with Gasteiger partial charge in [0.25, 0.3) is 0 Å². The van der Waals surface area contributed by atoms with Crippen molar-refractivity contribution in [1.29, 1.82) is 0 Å². The van der Waals surface area contributed by atoms with Crippen LogP contribution in [0.5, 0.6) is 0 Å². The third kappa shape index (κ3) is 4.69. The molecule has 1 N–H and O–H groups in total. The van der Waals surface area contributed by atoms with Gasteiger partial charge in [0.15, 0.2) is 0 Å². The summed E-state index contributed by atoms with van der Waals surface area (Å²) in [5, 5.41) is 3.47. The fourth-order valence-electron chi connectivity index (χ4n) is 3.55. The van der Waals surface area contributed by atoms with Crippen molar-refractivity contribution in [3.63, 3.8) is 0 Å². The van der Waals surface area contributed by atoms with Crippen molar-refractivity contribution >= 4 is 23.1 Å². The van der Waals surface area contributed by atoms with E-state index in [-0.39, 0.29) is 0 Å². The first-order valence-corrected chi connectivity index (χ1v) is 10.1. The van der Waals surface area contributed by atoms with Crippen molar-refractivity contribution in [2.45, 2.75) is 27.7 Å². The lowest BCUT2D eigenvalue weighted by atomic mass is 10.1. The molecule has 0 radical (unpaired) electrons. The van der Waals surface area contributed by atoms with E-state index in [1.54, 1.807) is 0 Å². The molecular weight excluding hydrogens is 336 g/mol. The number of piperazine rings is 1. The zero-order valence-corrected chi connectivity index (χ0v) is 17.1. The molecule has 0 spiro atoms. The number of hydrogen-bond acceptors (Lipinski definition) is 6. The second kappa shape index (κ2) is 9.04. The summed E-state index contributed by atoms with van der Waals surface area (Å²) in [5.41, 5.74) is 3.57. The average molecular weight is 369 g/mol. The highest BCUT2D eigenvalue weighted by molar-refractivity contribution is 5.65. The highest BCUT2D eigenvalue weighted by atomic mass is 15.3. The Hall–Kier alpha value is -2.34. The van der Waals surface area contributed by atoms with Crippen LogP contribution in [0.2, 0.25) is 0 Å². The monoisotopic (exact) mass is 368 g/mol. The van der Waals surface area contributed by atoms with E-state index in [2.05, 4.69) is 70.9 Å². The first kappa shape index (κ1) is 19.4. The first-order chi connectivity index (χ1) is 13.1. The number of nitrogens with zero attached hydrogens (tertiary/aromatic N) is 5. The number of anilines is 4. The van der Waals surface area contributed by atoms with Crippen LogP contribution in [0.1, 0.15) is 26.3 Å². The van der Waals surface area contributed by atoms with Crippen molar-refractivity contribution in [2.24, 2.45) is 0 Å². The van der Waals surface area contributed by atoms with E-state index < -0.39 is 0 Å². The van der Waals surface area contributed by atoms with Crippen molar-refractivity contribution < 1.29 is 0 Å². The molecule has 1 saturated heterocycles. The van der Waals surface area contributed by atoms with E-state index in [0.29, 0.717) is 0 Å². The predicted octanol–water partition coefficient (Wildman–Crippen LogP) is 3.52. The summed E-state index contributed by atoms with van der Waals surface area (Å²) >= 11 is 0. The molecule has 1 aromatic heterocycles. The van der Waals surface area contributed by atoms with Crippen molar-refractivity contribution in [3.05, 3.63) is 36.0 Å². The molecule has 2 heterocycles. The molecule has 0 amide bonds. The lowest BCUT2D eigenvalue weighted by molar-refractivity contribution is 0.270. The minimum atomic E-state index is 0.813. The Morgan fingerprint density at radius 3 is 2.41 bits per heavy atom. The van der Waals surface area contributed by atoms with Gasteiger partial charge >= 0.3 is 0 Å². The van der Waals surface area contributed by atoms with E-state index in [9.17, 15) is 0 Å². The second-order valence-corrected chi connectivity index (χ2v) is 6.96. The summed E-state index contributed by atoms with van der Waals surface area (Å²) in [4.78, 5) is 16.3. The van der Waals surface area contributed by atoms with E-state index in [4.69, 9.17) is 4.98 Å². The van der Waals surface area contributed by atoms with Gasteiger partial charge < -0.3 is 20.0 Å². The van der Waals surface area contributed by atoms with Gasteiger partial charge in [-0.25, -0.2) is 4.98 Å². The average Bonchev–Trinajstić information content (AvgIpc) is 2.71. The van der Waals surface area contributed by atoms with Gasteiger partial charge in [-0.1, -0.05) is 6.92 Å². The van der Waals surface area contributed by atoms with Crippen molar-refractivity contribution in [2.75, 3.05) is 60.9 Å². The summed E-state index contributed by atoms with van der Waals surface area (Å²) in [6, 6.07) is 8.49. The van der Waals surface area contributed by atoms with Gasteiger partial charge in [0, 0.05) is 56.8 Å². The highest BCUT2D eigenvalue weighted by Gasteiger charge is 2.18. The molecule has 6 nitrogen and oxygen atoms in total. The zero-order chi connectivity index (χ0) is 19.2. The number of rotatable bonds is 7. The number of aryl methyl sites for hydroxylation is 1.